The summed E-state index contributed by atoms with van der Waals surface area (Å²) >= 11 is 0. The second-order valence-corrected chi connectivity index (χ2v) is 5.13. The Morgan fingerprint density at radius 1 is 1.41 bits per heavy atom. The van der Waals surface area contributed by atoms with Gasteiger partial charge in [0.2, 0.25) is 5.91 Å². The molecule has 3 N–H and O–H groups in total. The van der Waals surface area contributed by atoms with Crippen LogP contribution in [0.1, 0.15) is 40.0 Å². The van der Waals surface area contributed by atoms with Crippen LogP contribution in [-0.2, 0) is 4.79 Å². The summed E-state index contributed by atoms with van der Waals surface area (Å²) in [5, 5.41) is 3.09. The summed E-state index contributed by atoms with van der Waals surface area (Å²) in [7, 11) is 0. The molecule has 0 spiro atoms. The van der Waals surface area contributed by atoms with Gasteiger partial charge in [0.1, 0.15) is 0 Å². The molecule has 1 aliphatic rings. The normalized spacial score (nSPS) is 22.1. The minimum atomic E-state index is -0.357. The van der Waals surface area contributed by atoms with E-state index in [2.05, 4.69) is 24.1 Å². The van der Waals surface area contributed by atoms with Crippen LogP contribution >= 0.6 is 0 Å². The van der Waals surface area contributed by atoms with Crippen molar-refractivity contribution in [1.82, 2.24) is 10.2 Å². The van der Waals surface area contributed by atoms with Gasteiger partial charge < -0.3 is 16.0 Å². The van der Waals surface area contributed by atoms with Crippen LogP contribution in [0.5, 0.6) is 0 Å². The van der Waals surface area contributed by atoms with Crippen molar-refractivity contribution >= 4 is 5.91 Å². The summed E-state index contributed by atoms with van der Waals surface area (Å²) in [5.74, 6) is 0.278. The lowest BCUT2D eigenvalue weighted by Crippen LogP contribution is -2.51. The third-order valence-electron chi connectivity index (χ3n) is 3.94. The van der Waals surface area contributed by atoms with E-state index in [-0.39, 0.29) is 17.9 Å². The van der Waals surface area contributed by atoms with E-state index in [0.717, 1.165) is 38.9 Å². The summed E-state index contributed by atoms with van der Waals surface area (Å²) in [5.41, 5.74) is 5.92. The molecule has 1 fully saturated rings. The predicted octanol–water partition coefficient (Wildman–Crippen LogP) is 0.960. The minimum Gasteiger partial charge on any atom is -0.352 e. The van der Waals surface area contributed by atoms with Gasteiger partial charge in [-0.1, -0.05) is 27.2 Å². The first-order valence-electron chi connectivity index (χ1n) is 6.86. The van der Waals surface area contributed by atoms with Crippen LogP contribution in [0, 0.1) is 5.92 Å². The molecule has 0 aliphatic carbocycles. The zero-order valence-electron chi connectivity index (χ0n) is 11.4. The molecule has 0 aromatic rings. The molecular formula is C13H27N3O. The number of hydrogen-bond acceptors (Lipinski definition) is 3. The maximum atomic E-state index is 11.9. The largest absolute Gasteiger partial charge is 0.352 e. The van der Waals surface area contributed by atoms with E-state index in [9.17, 15) is 4.79 Å². The molecule has 1 saturated heterocycles. The van der Waals surface area contributed by atoms with Gasteiger partial charge in [0.05, 0.1) is 6.04 Å². The lowest BCUT2D eigenvalue weighted by atomic mass is 9.98. The molecule has 4 nitrogen and oxygen atoms in total. The van der Waals surface area contributed by atoms with Gasteiger partial charge in [-0.3, -0.25) is 4.79 Å². The summed E-state index contributed by atoms with van der Waals surface area (Å²) < 4.78 is 0. The van der Waals surface area contributed by atoms with Gasteiger partial charge in [-0.05, 0) is 25.3 Å². The Labute approximate surface area is 105 Å². The monoisotopic (exact) mass is 241 g/mol. The quantitative estimate of drug-likeness (QED) is 0.754. The smallest absolute Gasteiger partial charge is 0.237 e. The first-order chi connectivity index (χ1) is 8.08. The number of nitrogens with two attached hydrogens (primary N) is 1. The number of rotatable bonds is 5. The molecule has 17 heavy (non-hydrogen) atoms. The third kappa shape index (κ3) is 4.28. The molecule has 0 radical (unpaired) electrons. The minimum absolute atomic E-state index is 0.0225. The molecular weight excluding hydrogens is 214 g/mol. The first-order valence-corrected chi connectivity index (χ1v) is 6.86. The van der Waals surface area contributed by atoms with E-state index >= 15 is 0 Å². The molecule has 2 unspecified atom stereocenters. The Bertz CT molecular complexity index is 237. The topological polar surface area (TPSA) is 58.4 Å². The molecule has 1 rings (SSSR count). The van der Waals surface area contributed by atoms with Crippen molar-refractivity contribution in [3.05, 3.63) is 0 Å². The predicted molar refractivity (Wildman–Crippen MR) is 70.7 cm³/mol. The van der Waals surface area contributed by atoms with Crippen molar-refractivity contribution in [3.63, 3.8) is 0 Å². The zero-order valence-corrected chi connectivity index (χ0v) is 11.4. The van der Waals surface area contributed by atoms with Gasteiger partial charge in [0.15, 0.2) is 0 Å². The summed E-state index contributed by atoms with van der Waals surface area (Å²) in [4.78, 5) is 14.3. The summed E-state index contributed by atoms with van der Waals surface area (Å²) in [6, 6.07) is -0.0374. The molecule has 100 valence electrons. The maximum absolute atomic E-state index is 11.9. The number of nitrogens with one attached hydrogen (secondary N) is 1. The zero-order chi connectivity index (χ0) is 12.8. The second-order valence-electron chi connectivity index (χ2n) is 5.13. The first kappa shape index (κ1) is 14.5. The molecule has 2 atom stereocenters. The van der Waals surface area contributed by atoms with E-state index in [1.165, 1.54) is 0 Å². The maximum Gasteiger partial charge on any atom is 0.237 e. The molecule has 1 amide bonds. The lowest BCUT2D eigenvalue weighted by molar-refractivity contribution is -0.124. The van der Waals surface area contributed by atoms with Crippen LogP contribution in [0.3, 0.4) is 0 Å². The number of carbonyl (C=O) groups excluding carboxylic acids is 1. The highest BCUT2D eigenvalue weighted by Gasteiger charge is 2.24. The lowest BCUT2D eigenvalue weighted by Gasteiger charge is -2.32. The van der Waals surface area contributed by atoms with Crippen molar-refractivity contribution < 1.29 is 4.79 Å². The van der Waals surface area contributed by atoms with Crippen LogP contribution in [0.2, 0.25) is 0 Å². The van der Waals surface area contributed by atoms with Crippen molar-refractivity contribution in [2.75, 3.05) is 19.6 Å². The molecule has 1 heterocycles. The molecule has 0 saturated carbocycles. The van der Waals surface area contributed by atoms with Crippen molar-refractivity contribution in [2.45, 2.75) is 52.1 Å². The number of hydrogen-bond donors (Lipinski definition) is 2. The fourth-order valence-corrected chi connectivity index (χ4v) is 2.20. The molecule has 1 aliphatic heterocycles. The highest BCUT2D eigenvalue weighted by molar-refractivity contribution is 5.82. The Balaban J connectivity index is 2.32. The number of amides is 1. The van der Waals surface area contributed by atoms with E-state index in [1.807, 2.05) is 6.92 Å². The Morgan fingerprint density at radius 2 is 2.00 bits per heavy atom. The van der Waals surface area contributed by atoms with Crippen LogP contribution in [0.25, 0.3) is 0 Å². The van der Waals surface area contributed by atoms with Gasteiger partial charge in [-0.2, -0.15) is 0 Å². The molecule has 0 aromatic heterocycles. The van der Waals surface area contributed by atoms with E-state index < -0.39 is 0 Å². The number of likely N-dealkylation sites (tertiary alicyclic amines) is 1. The fourth-order valence-electron chi connectivity index (χ4n) is 2.20. The van der Waals surface area contributed by atoms with Crippen LogP contribution in [-0.4, -0.2) is 42.5 Å². The van der Waals surface area contributed by atoms with Crippen LogP contribution < -0.4 is 11.1 Å². The average Bonchev–Trinajstić information content (AvgIpc) is 2.37. The fraction of sp³-hybridized carbons (Fsp3) is 0.923. The SMILES string of the molecule is CCC(C)C(N)C(=O)NC1CCN(CC)CC1. The highest BCUT2D eigenvalue weighted by atomic mass is 16.2. The van der Waals surface area contributed by atoms with Crippen LogP contribution in [0.15, 0.2) is 0 Å². The van der Waals surface area contributed by atoms with Gasteiger partial charge >= 0.3 is 0 Å². The van der Waals surface area contributed by atoms with E-state index in [0.29, 0.717) is 6.04 Å². The Hall–Kier alpha value is -0.610. The summed E-state index contributed by atoms with van der Waals surface area (Å²) in [6.45, 7) is 9.55. The second kappa shape index (κ2) is 6.97. The number of piperidine rings is 1. The van der Waals surface area contributed by atoms with Gasteiger partial charge in [0.25, 0.3) is 0 Å². The standard InChI is InChI=1S/C13H27N3O/c1-4-10(3)12(14)13(17)15-11-6-8-16(5-2)9-7-11/h10-12H,4-9,14H2,1-3H3,(H,15,17). The highest BCUT2D eigenvalue weighted by Crippen LogP contribution is 2.11. The van der Waals surface area contributed by atoms with Gasteiger partial charge in [-0.15, -0.1) is 0 Å². The average molecular weight is 241 g/mol. The Morgan fingerprint density at radius 3 is 2.47 bits per heavy atom. The molecule has 0 bridgehead atoms. The van der Waals surface area contributed by atoms with Crippen molar-refractivity contribution in [1.29, 1.82) is 0 Å². The summed E-state index contributed by atoms with van der Waals surface area (Å²) in [6.07, 6.45) is 3.04. The van der Waals surface area contributed by atoms with Crippen LogP contribution in [0.4, 0.5) is 0 Å². The molecule has 4 heteroatoms. The Kier molecular flexibility index (Phi) is 5.92. The number of carbonyl (C=O) groups is 1. The van der Waals surface area contributed by atoms with Crippen molar-refractivity contribution in [3.8, 4) is 0 Å². The van der Waals surface area contributed by atoms with E-state index in [4.69, 9.17) is 5.73 Å². The van der Waals surface area contributed by atoms with Gasteiger partial charge in [-0.25, -0.2) is 0 Å². The number of nitrogens with zero attached hydrogens (tertiary/aromatic N) is 1. The van der Waals surface area contributed by atoms with Gasteiger partial charge in [0, 0.05) is 19.1 Å². The third-order valence-corrected chi connectivity index (χ3v) is 3.94. The van der Waals surface area contributed by atoms with Crippen molar-refractivity contribution in [2.24, 2.45) is 11.7 Å². The molecule has 0 aromatic carbocycles. The van der Waals surface area contributed by atoms with E-state index in [1.54, 1.807) is 0 Å².